The van der Waals surface area contributed by atoms with Gasteiger partial charge in [-0.2, -0.15) is 0 Å². The standard InChI is InChI=1S/C16H16N2O5S/c17-24(21,22)14-8-6-12(7-9-14)10-18-15(19)11-23-16(20)13-4-2-1-3-5-13/h1-9H,10-11H2,(H,18,19)(H2,17,21,22). The number of carbonyl (C=O) groups excluding carboxylic acids is 2. The summed E-state index contributed by atoms with van der Waals surface area (Å²) in [5, 5.41) is 7.57. The van der Waals surface area contributed by atoms with Gasteiger partial charge in [-0.15, -0.1) is 0 Å². The van der Waals surface area contributed by atoms with Gasteiger partial charge in [-0.1, -0.05) is 30.3 Å². The summed E-state index contributed by atoms with van der Waals surface area (Å²) >= 11 is 0. The second-order valence-electron chi connectivity index (χ2n) is 4.91. The van der Waals surface area contributed by atoms with Gasteiger partial charge in [0.15, 0.2) is 6.61 Å². The van der Waals surface area contributed by atoms with Crippen molar-refractivity contribution in [2.45, 2.75) is 11.4 Å². The van der Waals surface area contributed by atoms with Crippen LogP contribution >= 0.6 is 0 Å². The first-order chi connectivity index (χ1) is 11.4. The Morgan fingerprint density at radius 1 is 1.00 bits per heavy atom. The number of hydrogen-bond donors (Lipinski definition) is 2. The Bertz CT molecular complexity index is 817. The molecule has 0 unspecified atom stereocenters. The summed E-state index contributed by atoms with van der Waals surface area (Å²) in [5.74, 6) is -1.04. The molecule has 0 aliphatic carbocycles. The quantitative estimate of drug-likeness (QED) is 0.750. The number of hydrogen-bond acceptors (Lipinski definition) is 5. The number of nitrogens with two attached hydrogens (primary N) is 1. The van der Waals surface area contributed by atoms with Gasteiger partial charge in [0, 0.05) is 6.54 Å². The number of primary sulfonamides is 1. The molecule has 8 heteroatoms. The number of sulfonamides is 1. The van der Waals surface area contributed by atoms with E-state index in [9.17, 15) is 18.0 Å². The first-order valence-electron chi connectivity index (χ1n) is 6.97. The molecule has 2 aromatic rings. The summed E-state index contributed by atoms with van der Waals surface area (Å²) in [6.45, 7) is -0.227. The summed E-state index contributed by atoms with van der Waals surface area (Å²) in [5.41, 5.74) is 1.05. The van der Waals surface area contributed by atoms with E-state index in [4.69, 9.17) is 9.88 Å². The lowest BCUT2D eigenvalue weighted by molar-refractivity contribution is -0.124. The molecule has 0 aliphatic heterocycles. The molecule has 0 saturated carbocycles. The van der Waals surface area contributed by atoms with Crippen LogP contribution < -0.4 is 10.5 Å². The molecule has 2 aromatic carbocycles. The maximum atomic E-state index is 11.7. The van der Waals surface area contributed by atoms with Crippen molar-refractivity contribution in [3.8, 4) is 0 Å². The highest BCUT2D eigenvalue weighted by molar-refractivity contribution is 7.89. The lowest BCUT2D eigenvalue weighted by Gasteiger charge is -2.07. The third-order valence-corrected chi connectivity index (χ3v) is 4.01. The summed E-state index contributed by atoms with van der Waals surface area (Å²) in [4.78, 5) is 23.4. The van der Waals surface area contributed by atoms with E-state index in [-0.39, 0.29) is 11.4 Å². The fraction of sp³-hybridized carbons (Fsp3) is 0.125. The Balaban J connectivity index is 1.80. The van der Waals surface area contributed by atoms with E-state index in [0.717, 1.165) is 0 Å². The fourth-order valence-electron chi connectivity index (χ4n) is 1.84. The molecule has 0 fully saturated rings. The van der Waals surface area contributed by atoms with Gasteiger partial charge >= 0.3 is 5.97 Å². The molecule has 24 heavy (non-hydrogen) atoms. The summed E-state index contributed by atoms with van der Waals surface area (Å²) in [6, 6.07) is 14.1. The minimum Gasteiger partial charge on any atom is -0.452 e. The van der Waals surface area contributed by atoms with Crippen LogP contribution in [0.5, 0.6) is 0 Å². The van der Waals surface area contributed by atoms with E-state index in [1.54, 1.807) is 30.3 Å². The lowest BCUT2D eigenvalue weighted by atomic mass is 10.2. The number of carbonyl (C=O) groups is 2. The van der Waals surface area contributed by atoms with Crippen LogP contribution in [0.2, 0.25) is 0 Å². The number of amides is 1. The number of benzene rings is 2. The third kappa shape index (κ3) is 5.18. The van der Waals surface area contributed by atoms with Gasteiger partial charge in [0.05, 0.1) is 10.5 Å². The monoisotopic (exact) mass is 348 g/mol. The van der Waals surface area contributed by atoms with Gasteiger partial charge in [0.2, 0.25) is 10.0 Å². The molecule has 0 heterocycles. The molecule has 0 aromatic heterocycles. The van der Waals surface area contributed by atoms with Crippen molar-refractivity contribution >= 4 is 21.9 Å². The van der Waals surface area contributed by atoms with Crippen LogP contribution in [-0.2, 0) is 26.1 Å². The number of nitrogens with one attached hydrogen (secondary N) is 1. The highest BCUT2D eigenvalue weighted by Gasteiger charge is 2.10. The Morgan fingerprint density at radius 2 is 1.62 bits per heavy atom. The zero-order valence-corrected chi connectivity index (χ0v) is 13.5. The third-order valence-electron chi connectivity index (χ3n) is 3.09. The van der Waals surface area contributed by atoms with Crippen LogP contribution in [0.3, 0.4) is 0 Å². The second-order valence-corrected chi connectivity index (χ2v) is 6.47. The fourth-order valence-corrected chi connectivity index (χ4v) is 2.35. The average Bonchev–Trinajstić information content (AvgIpc) is 2.58. The van der Waals surface area contributed by atoms with Crippen LogP contribution in [-0.4, -0.2) is 26.9 Å². The molecule has 0 radical (unpaired) electrons. The maximum Gasteiger partial charge on any atom is 0.338 e. The van der Waals surface area contributed by atoms with Gasteiger partial charge in [0.1, 0.15) is 0 Å². The molecule has 7 nitrogen and oxygen atoms in total. The predicted octanol–water partition coefficient (Wildman–Crippen LogP) is 0.807. The smallest absolute Gasteiger partial charge is 0.338 e. The lowest BCUT2D eigenvalue weighted by Crippen LogP contribution is -2.28. The van der Waals surface area contributed by atoms with E-state index in [0.29, 0.717) is 11.1 Å². The van der Waals surface area contributed by atoms with Crippen molar-refractivity contribution in [3.63, 3.8) is 0 Å². The normalized spacial score (nSPS) is 10.9. The maximum absolute atomic E-state index is 11.7. The van der Waals surface area contributed by atoms with Crippen LogP contribution in [0, 0.1) is 0 Å². The first kappa shape index (κ1) is 17.6. The Hall–Kier alpha value is -2.71. The van der Waals surface area contributed by atoms with Crippen LogP contribution in [0.25, 0.3) is 0 Å². The van der Waals surface area contributed by atoms with E-state index >= 15 is 0 Å². The van der Waals surface area contributed by atoms with Gasteiger partial charge < -0.3 is 10.1 Å². The molecule has 0 atom stereocenters. The van der Waals surface area contributed by atoms with E-state index < -0.39 is 28.5 Å². The molecule has 2 rings (SSSR count). The molecular weight excluding hydrogens is 332 g/mol. The highest BCUT2D eigenvalue weighted by atomic mass is 32.2. The summed E-state index contributed by atoms with van der Waals surface area (Å²) in [7, 11) is -3.74. The number of rotatable bonds is 6. The minimum atomic E-state index is -3.74. The highest BCUT2D eigenvalue weighted by Crippen LogP contribution is 2.08. The Morgan fingerprint density at radius 3 is 2.21 bits per heavy atom. The Kier molecular flexibility index (Phi) is 5.67. The van der Waals surface area contributed by atoms with Crippen molar-refractivity contribution in [2.24, 2.45) is 5.14 Å². The SMILES string of the molecule is NS(=O)(=O)c1ccc(CNC(=O)COC(=O)c2ccccc2)cc1. The summed E-state index contributed by atoms with van der Waals surface area (Å²) < 4.78 is 27.2. The van der Waals surface area contributed by atoms with Gasteiger partial charge in [-0.3, -0.25) is 4.79 Å². The largest absolute Gasteiger partial charge is 0.452 e. The molecule has 0 saturated heterocycles. The van der Waals surface area contributed by atoms with E-state index in [2.05, 4.69) is 5.32 Å². The average molecular weight is 348 g/mol. The van der Waals surface area contributed by atoms with Crippen molar-refractivity contribution in [3.05, 3.63) is 65.7 Å². The second kappa shape index (κ2) is 7.71. The van der Waals surface area contributed by atoms with Crippen LogP contribution in [0.1, 0.15) is 15.9 Å². The van der Waals surface area contributed by atoms with Gasteiger partial charge in [-0.25, -0.2) is 18.4 Å². The van der Waals surface area contributed by atoms with Crippen LogP contribution in [0.15, 0.2) is 59.5 Å². The number of ether oxygens (including phenoxy) is 1. The van der Waals surface area contributed by atoms with E-state index in [1.165, 1.54) is 24.3 Å². The van der Waals surface area contributed by atoms with Crippen molar-refractivity contribution in [1.82, 2.24) is 5.32 Å². The van der Waals surface area contributed by atoms with Crippen molar-refractivity contribution in [1.29, 1.82) is 0 Å². The molecule has 126 valence electrons. The molecule has 3 N–H and O–H groups in total. The molecular formula is C16H16N2O5S. The minimum absolute atomic E-state index is 0.00522. The van der Waals surface area contributed by atoms with Gasteiger partial charge in [-0.05, 0) is 29.8 Å². The molecule has 0 aliphatic rings. The molecule has 0 spiro atoms. The summed E-state index contributed by atoms with van der Waals surface area (Å²) in [6.07, 6.45) is 0. The van der Waals surface area contributed by atoms with Crippen molar-refractivity contribution in [2.75, 3.05) is 6.61 Å². The van der Waals surface area contributed by atoms with E-state index in [1.807, 2.05) is 0 Å². The molecule has 1 amide bonds. The van der Waals surface area contributed by atoms with Crippen molar-refractivity contribution < 1.29 is 22.7 Å². The topological polar surface area (TPSA) is 116 Å². The Labute approximate surface area is 139 Å². The van der Waals surface area contributed by atoms with Crippen LogP contribution in [0.4, 0.5) is 0 Å². The predicted molar refractivity (Wildman–Crippen MR) is 86.4 cm³/mol. The zero-order chi connectivity index (χ0) is 17.6. The van der Waals surface area contributed by atoms with Gasteiger partial charge in [0.25, 0.3) is 5.91 Å². The number of esters is 1. The first-order valence-corrected chi connectivity index (χ1v) is 8.51. The molecule has 0 bridgehead atoms. The zero-order valence-electron chi connectivity index (χ0n) is 12.6.